The van der Waals surface area contributed by atoms with Crippen LogP contribution in [0, 0.1) is 5.92 Å². The predicted octanol–water partition coefficient (Wildman–Crippen LogP) is 3.62. The highest BCUT2D eigenvalue weighted by atomic mass is 127. The van der Waals surface area contributed by atoms with Crippen molar-refractivity contribution in [3.05, 3.63) is 0 Å². The second kappa shape index (κ2) is 13.0. The number of alkyl halides is 3. The Kier molecular flexibility index (Phi) is 12.9. The molecule has 144 valence electrons. The normalized spacial score (nSPS) is 17.5. The molecule has 4 nitrogen and oxygen atoms in total. The van der Waals surface area contributed by atoms with E-state index in [2.05, 4.69) is 22.5 Å². The van der Waals surface area contributed by atoms with Crippen LogP contribution in [-0.4, -0.2) is 56.3 Å². The van der Waals surface area contributed by atoms with Gasteiger partial charge in [-0.25, -0.2) is 0 Å². The monoisotopic (exact) mass is 464 g/mol. The third-order valence-electron chi connectivity index (χ3n) is 4.08. The highest BCUT2D eigenvalue weighted by Gasteiger charge is 2.32. The van der Waals surface area contributed by atoms with Gasteiger partial charge < -0.3 is 10.6 Å². The molecule has 0 saturated carbocycles. The second-order valence-corrected chi connectivity index (χ2v) is 6.16. The van der Waals surface area contributed by atoms with Gasteiger partial charge in [0.25, 0.3) is 0 Å². The van der Waals surface area contributed by atoms with E-state index in [4.69, 9.17) is 0 Å². The fourth-order valence-corrected chi connectivity index (χ4v) is 2.77. The molecule has 0 aliphatic carbocycles. The van der Waals surface area contributed by atoms with E-state index in [1.165, 1.54) is 4.90 Å². The zero-order valence-corrected chi connectivity index (χ0v) is 17.1. The Bertz CT molecular complexity index is 343. The minimum atomic E-state index is -4.08. The predicted molar refractivity (Wildman–Crippen MR) is 104 cm³/mol. The molecule has 1 rings (SSSR count). The number of aliphatic imine (C=N–C) groups is 1. The molecule has 8 heteroatoms. The maximum absolute atomic E-state index is 12.4. The molecule has 1 aliphatic rings. The van der Waals surface area contributed by atoms with Crippen LogP contribution in [0.5, 0.6) is 0 Å². The molecule has 0 amide bonds. The van der Waals surface area contributed by atoms with Crippen LogP contribution in [0.1, 0.15) is 46.0 Å². The van der Waals surface area contributed by atoms with Crippen LogP contribution in [0.15, 0.2) is 4.99 Å². The van der Waals surface area contributed by atoms with Crippen LogP contribution in [-0.2, 0) is 0 Å². The van der Waals surface area contributed by atoms with Crippen molar-refractivity contribution in [2.45, 2.75) is 52.1 Å². The van der Waals surface area contributed by atoms with Gasteiger partial charge in [0.15, 0.2) is 5.96 Å². The van der Waals surface area contributed by atoms with Crippen LogP contribution < -0.4 is 10.6 Å². The number of nitrogens with one attached hydrogen (secondary N) is 2. The molecule has 1 saturated heterocycles. The Morgan fingerprint density at radius 1 is 1.17 bits per heavy atom. The first-order valence-electron chi connectivity index (χ1n) is 8.76. The Morgan fingerprint density at radius 2 is 1.83 bits per heavy atom. The quantitative estimate of drug-likeness (QED) is 0.250. The minimum absolute atomic E-state index is 0. The van der Waals surface area contributed by atoms with Gasteiger partial charge in [-0.05, 0) is 51.6 Å². The van der Waals surface area contributed by atoms with E-state index < -0.39 is 12.7 Å². The summed E-state index contributed by atoms with van der Waals surface area (Å²) in [5.74, 6) is 1.35. The van der Waals surface area contributed by atoms with Gasteiger partial charge in [0.05, 0.1) is 6.54 Å². The van der Waals surface area contributed by atoms with Gasteiger partial charge in [0.1, 0.15) is 0 Å². The molecule has 0 bridgehead atoms. The van der Waals surface area contributed by atoms with Crippen molar-refractivity contribution in [2.75, 3.05) is 39.3 Å². The highest BCUT2D eigenvalue weighted by Crippen LogP contribution is 2.23. The largest absolute Gasteiger partial charge is 0.401 e. The van der Waals surface area contributed by atoms with Crippen molar-refractivity contribution in [1.29, 1.82) is 0 Å². The minimum Gasteiger partial charge on any atom is -0.357 e. The summed E-state index contributed by atoms with van der Waals surface area (Å²) in [6, 6.07) is 0. The summed E-state index contributed by atoms with van der Waals surface area (Å²) in [5, 5.41) is 6.54. The molecule has 0 radical (unpaired) electrons. The van der Waals surface area contributed by atoms with Crippen LogP contribution in [0.4, 0.5) is 13.2 Å². The lowest BCUT2D eigenvalue weighted by Gasteiger charge is -2.32. The lowest BCUT2D eigenvalue weighted by atomic mass is 9.93. The zero-order chi connectivity index (χ0) is 17.1. The van der Waals surface area contributed by atoms with Crippen molar-refractivity contribution in [2.24, 2.45) is 10.9 Å². The van der Waals surface area contributed by atoms with Crippen molar-refractivity contribution < 1.29 is 13.2 Å². The van der Waals surface area contributed by atoms with Gasteiger partial charge in [-0.1, -0.05) is 13.3 Å². The number of hydrogen-bond donors (Lipinski definition) is 2. The number of nitrogens with zero attached hydrogens (tertiary/aromatic N) is 2. The zero-order valence-electron chi connectivity index (χ0n) is 14.8. The molecule has 0 unspecified atom stereocenters. The van der Waals surface area contributed by atoms with Crippen molar-refractivity contribution in [3.8, 4) is 0 Å². The van der Waals surface area contributed by atoms with E-state index in [0.717, 1.165) is 57.7 Å². The molecule has 0 spiro atoms. The van der Waals surface area contributed by atoms with Gasteiger partial charge in [-0.2, -0.15) is 13.2 Å². The fourth-order valence-electron chi connectivity index (χ4n) is 2.77. The Labute approximate surface area is 161 Å². The van der Waals surface area contributed by atoms with Gasteiger partial charge >= 0.3 is 6.18 Å². The van der Waals surface area contributed by atoms with Gasteiger partial charge in [-0.3, -0.25) is 9.89 Å². The summed E-state index contributed by atoms with van der Waals surface area (Å²) in [6.07, 6.45) is 0.804. The SMILES string of the molecule is CCCCN=C(NCC)NCCC1CCN(CC(F)(F)F)CC1.I. The number of hydrogen-bond acceptors (Lipinski definition) is 2. The molecule has 1 aliphatic heterocycles. The Morgan fingerprint density at radius 3 is 2.38 bits per heavy atom. The first-order chi connectivity index (χ1) is 10.9. The van der Waals surface area contributed by atoms with E-state index in [1.807, 2.05) is 6.92 Å². The maximum atomic E-state index is 12.4. The lowest BCUT2D eigenvalue weighted by molar-refractivity contribution is -0.148. The summed E-state index contributed by atoms with van der Waals surface area (Å²) in [4.78, 5) is 6.01. The van der Waals surface area contributed by atoms with Crippen molar-refractivity contribution >= 4 is 29.9 Å². The summed E-state index contributed by atoms with van der Waals surface area (Å²) >= 11 is 0. The van der Waals surface area contributed by atoms with Crippen LogP contribution in [0.3, 0.4) is 0 Å². The molecule has 0 atom stereocenters. The van der Waals surface area contributed by atoms with Crippen LogP contribution in [0.25, 0.3) is 0 Å². The van der Waals surface area contributed by atoms with E-state index in [0.29, 0.717) is 19.0 Å². The number of halogens is 4. The van der Waals surface area contributed by atoms with Gasteiger partial charge in [-0.15, -0.1) is 24.0 Å². The molecule has 0 aromatic heterocycles. The molecular weight excluding hydrogens is 432 g/mol. The average molecular weight is 464 g/mol. The molecule has 2 N–H and O–H groups in total. The third-order valence-corrected chi connectivity index (χ3v) is 4.08. The number of rotatable bonds is 8. The molecule has 0 aromatic rings. The van der Waals surface area contributed by atoms with Crippen LogP contribution in [0.2, 0.25) is 0 Å². The Hall–Kier alpha value is -0.250. The smallest absolute Gasteiger partial charge is 0.357 e. The van der Waals surface area contributed by atoms with Gasteiger partial charge in [0.2, 0.25) is 0 Å². The molecule has 24 heavy (non-hydrogen) atoms. The number of guanidine groups is 1. The number of likely N-dealkylation sites (tertiary alicyclic amines) is 1. The molecule has 1 fully saturated rings. The Balaban J connectivity index is 0.00000529. The standard InChI is InChI=1S/C16H31F3N4.HI/c1-3-5-9-21-15(20-4-2)22-10-6-14-7-11-23(12-8-14)13-16(17,18)19;/h14H,3-13H2,1-2H3,(H2,20,21,22);1H. The first kappa shape index (κ1) is 23.8. The van der Waals surface area contributed by atoms with E-state index in [9.17, 15) is 13.2 Å². The van der Waals surface area contributed by atoms with E-state index >= 15 is 0 Å². The van der Waals surface area contributed by atoms with E-state index in [1.54, 1.807) is 0 Å². The lowest BCUT2D eigenvalue weighted by Crippen LogP contribution is -2.41. The van der Waals surface area contributed by atoms with E-state index in [-0.39, 0.29) is 24.0 Å². The second-order valence-electron chi connectivity index (χ2n) is 6.16. The van der Waals surface area contributed by atoms with Crippen molar-refractivity contribution in [3.63, 3.8) is 0 Å². The van der Waals surface area contributed by atoms with Crippen molar-refractivity contribution in [1.82, 2.24) is 15.5 Å². The summed E-state index contributed by atoms with van der Waals surface area (Å²) in [6.45, 7) is 6.97. The number of unbranched alkanes of at least 4 members (excludes halogenated alkanes) is 1. The summed E-state index contributed by atoms with van der Waals surface area (Å²) in [7, 11) is 0. The summed E-state index contributed by atoms with van der Waals surface area (Å²) in [5.41, 5.74) is 0. The fraction of sp³-hybridized carbons (Fsp3) is 0.938. The van der Waals surface area contributed by atoms with Crippen LogP contribution >= 0.6 is 24.0 Å². The molecule has 1 heterocycles. The summed E-state index contributed by atoms with van der Waals surface area (Å²) < 4.78 is 37.1. The highest BCUT2D eigenvalue weighted by molar-refractivity contribution is 14.0. The molecule has 0 aromatic carbocycles. The maximum Gasteiger partial charge on any atom is 0.401 e. The number of piperidine rings is 1. The topological polar surface area (TPSA) is 39.7 Å². The third kappa shape index (κ3) is 11.3. The molecular formula is C16H32F3IN4. The van der Waals surface area contributed by atoms with Gasteiger partial charge in [0, 0.05) is 19.6 Å². The first-order valence-corrected chi connectivity index (χ1v) is 8.76. The average Bonchev–Trinajstić information content (AvgIpc) is 2.48.